The van der Waals surface area contributed by atoms with Crippen LogP contribution in [0, 0.1) is 0 Å². The number of aliphatic hydroxyl groups is 1. The van der Waals surface area contributed by atoms with E-state index >= 15 is 0 Å². The molecule has 0 saturated carbocycles. The normalized spacial score (nSPS) is 12.2. The summed E-state index contributed by atoms with van der Waals surface area (Å²) in [5, 5.41) is 26.1. The molecule has 0 aromatic carbocycles. The Morgan fingerprint density at radius 3 is 1.64 bits per heavy atom. The number of carbonyl (C=O) groups is 6. The van der Waals surface area contributed by atoms with Gasteiger partial charge in [-0.25, -0.2) is 28.8 Å². The lowest BCUT2D eigenvalue weighted by molar-refractivity contribution is -0.141. The van der Waals surface area contributed by atoms with Crippen molar-refractivity contribution in [2.24, 2.45) is 0 Å². The zero-order valence-electron chi connectivity index (χ0n) is 22.1. The van der Waals surface area contributed by atoms with Crippen LogP contribution in [0.5, 0.6) is 0 Å². The van der Waals surface area contributed by atoms with Crippen molar-refractivity contribution in [1.82, 2.24) is 25.3 Å². The van der Waals surface area contributed by atoms with Gasteiger partial charge in [-0.1, -0.05) is 0 Å². The van der Waals surface area contributed by atoms with E-state index in [0.717, 1.165) is 30.4 Å². The minimum atomic E-state index is -1.26. The molecule has 2 amide bonds. The number of ether oxygens (including phenoxy) is 2. The molecule has 0 saturated heterocycles. The maximum absolute atomic E-state index is 11.5. The second-order valence-corrected chi connectivity index (χ2v) is 7.83. The Balaban J connectivity index is 0.000000437. The predicted octanol–water partition coefficient (Wildman–Crippen LogP) is -3.55. The Bertz CT molecular complexity index is 1650. The number of nitrogens with one attached hydrogen (secondary N) is 5. The molecule has 0 radical (unpaired) electrons. The average molecular weight is 621 g/mol. The summed E-state index contributed by atoms with van der Waals surface area (Å²) in [5.74, 6) is -5.40. The van der Waals surface area contributed by atoms with Gasteiger partial charge in [0.15, 0.2) is 0 Å². The number of imide groups is 1. The van der Waals surface area contributed by atoms with Gasteiger partial charge in [-0.3, -0.25) is 34.5 Å². The van der Waals surface area contributed by atoms with Crippen LogP contribution in [0.15, 0.2) is 67.3 Å². The second-order valence-electron chi connectivity index (χ2n) is 7.83. The number of aromatic amines is 4. The molecule has 0 bridgehead atoms. The molecule has 8 N–H and O–H groups in total. The lowest BCUT2D eigenvalue weighted by Gasteiger charge is -2.11. The van der Waals surface area contributed by atoms with Crippen LogP contribution >= 0.6 is 0 Å². The zero-order valence-corrected chi connectivity index (χ0v) is 22.1. The first-order chi connectivity index (χ1) is 20.7. The van der Waals surface area contributed by atoms with Crippen LogP contribution < -0.4 is 27.8 Å². The molecule has 3 heterocycles. The van der Waals surface area contributed by atoms with Gasteiger partial charge in [-0.15, -0.1) is 0 Å². The highest BCUT2D eigenvalue weighted by Crippen LogP contribution is 2.07. The first-order valence-electron chi connectivity index (χ1n) is 11.6. The fraction of sp³-hybridized carbons (Fsp3) is 0.167. The molecule has 0 unspecified atom stereocenters. The topological polar surface area (TPSA) is 325 Å². The summed E-state index contributed by atoms with van der Waals surface area (Å²) < 4.78 is 9.54. The number of esters is 2. The number of aliphatic carboxylic acids is 2. The van der Waals surface area contributed by atoms with Gasteiger partial charge in [-0.05, 0) is 5.57 Å². The number of hydrogen-bond acceptors (Lipinski definition) is 13. The van der Waals surface area contributed by atoms with Crippen LogP contribution in [0.2, 0.25) is 0 Å². The molecule has 1 aliphatic heterocycles. The molecule has 44 heavy (non-hydrogen) atoms. The number of carboxylic acids is 2. The molecule has 20 heteroatoms. The third-order valence-corrected chi connectivity index (χ3v) is 4.28. The molecule has 0 aliphatic carbocycles. The number of aliphatic hydroxyl groups excluding tert-OH is 1. The second kappa shape index (κ2) is 18.1. The minimum Gasteiger partial charge on any atom is -0.478 e. The number of rotatable bonds is 9. The van der Waals surface area contributed by atoms with Crippen molar-refractivity contribution in [2.75, 3.05) is 6.61 Å². The fourth-order valence-corrected chi connectivity index (χ4v) is 2.64. The van der Waals surface area contributed by atoms with Crippen LogP contribution in [0.3, 0.4) is 0 Å². The summed E-state index contributed by atoms with van der Waals surface area (Å²) in [7, 11) is 0. The van der Waals surface area contributed by atoms with Gasteiger partial charge >= 0.3 is 35.3 Å². The Morgan fingerprint density at radius 1 is 0.705 bits per heavy atom. The van der Waals surface area contributed by atoms with E-state index in [2.05, 4.69) is 15.3 Å². The standard InChI is InChI=1S/C15H13N3O8.C5H6N2O3.C4H4O4/c19-10-3-8(4-11(20)17-10)6-25-13(22)1-2-14(23)26-7-9-5-12(21)18-15(24)16-9;8-2-3-1-4(9)7-5(10)6-3;5-3(6)1-2-4(7)8/h1-3,5H,4,6-7H2,(H,17,19,20)(H2,16,18,21,24);1,8H,2H2,(H2,6,7,9,10);1-2H,(H,5,6)(H,7,8)/b2-1+;;2-1+. The summed E-state index contributed by atoms with van der Waals surface area (Å²) in [6, 6.07) is 2.17. The van der Waals surface area contributed by atoms with Crippen molar-refractivity contribution >= 4 is 35.7 Å². The highest BCUT2D eigenvalue weighted by atomic mass is 16.5. The predicted molar refractivity (Wildman–Crippen MR) is 141 cm³/mol. The van der Waals surface area contributed by atoms with Crippen molar-refractivity contribution in [3.05, 3.63) is 101 Å². The molecule has 0 fully saturated rings. The molecule has 20 nitrogen and oxygen atoms in total. The lowest BCUT2D eigenvalue weighted by atomic mass is 10.1. The van der Waals surface area contributed by atoms with E-state index in [1.807, 2.05) is 9.97 Å². The van der Waals surface area contributed by atoms with Gasteiger partial charge in [0.25, 0.3) is 17.0 Å². The van der Waals surface area contributed by atoms with E-state index in [9.17, 15) is 47.9 Å². The fourth-order valence-electron chi connectivity index (χ4n) is 2.64. The van der Waals surface area contributed by atoms with Gasteiger partial charge in [0.2, 0.25) is 5.91 Å². The van der Waals surface area contributed by atoms with E-state index in [0.29, 0.717) is 17.7 Å². The highest BCUT2D eigenvalue weighted by molar-refractivity contribution is 6.05. The summed E-state index contributed by atoms with van der Waals surface area (Å²) in [4.78, 5) is 116. The SMILES string of the molecule is O=C(O)/C=C/C(=O)O.O=C1C=C(COC(=O)/C=C/C(=O)OCc2cc(=O)[nH]c(=O)[nH]2)CC(=O)N1.O=c1cc(CO)[nH]c(=O)[nH]1. The van der Waals surface area contributed by atoms with Crippen LogP contribution in [-0.4, -0.2) is 77.6 Å². The van der Waals surface area contributed by atoms with Crippen molar-refractivity contribution in [3.63, 3.8) is 0 Å². The molecule has 0 spiro atoms. The van der Waals surface area contributed by atoms with Crippen molar-refractivity contribution in [1.29, 1.82) is 0 Å². The number of aromatic nitrogens is 4. The molecular weight excluding hydrogens is 598 g/mol. The Labute approximate surface area is 242 Å². The Morgan fingerprint density at radius 2 is 1.18 bits per heavy atom. The maximum Gasteiger partial charge on any atom is 0.331 e. The van der Waals surface area contributed by atoms with Crippen molar-refractivity contribution < 1.29 is 53.6 Å². The van der Waals surface area contributed by atoms with Gasteiger partial charge < -0.3 is 34.8 Å². The number of amides is 2. The summed E-state index contributed by atoms with van der Waals surface area (Å²) in [5.41, 5.74) is -1.88. The van der Waals surface area contributed by atoms with Crippen LogP contribution in [0.25, 0.3) is 0 Å². The Kier molecular flexibility index (Phi) is 14.6. The van der Waals surface area contributed by atoms with Gasteiger partial charge in [0.1, 0.15) is 13.2 Å². The zero-order chi connectivity index (χ0) is 33.2. The molecule has 2 aromatic heterocycles. The van der Waals surface area contributed by atoms with E-state index in [1.165, 1.54) is 0 Å². The third-order valence-electron chi connectivity index (χ3n) is 4.28. The number of hydrogen-bond donors (Lipinski definition) is 8. The minimum absolute atomic E-state index is 0.0703. The van der Waals surface area contributed by atoms with E-state index < -0.39 is 58.2 Å². The quantitative estimate of drug-likeness (QED) is 0.0763. The van der Waals surface area contributed by atoms with Crippen LogP contribution in [0.1, 0.15) is 17.8 Å². The van der Waals surface area contributed by atoms with Gasteiger partial charge in [0.05, 0.1) is 24.4 Å². The van der Waals surface area contributed by atoms with E-state index in [-0.39, 0.29) is 37.6 Å². The molecular formula is C24H23N5O15. The third kappa shape index (κ3) is 16.0. The molecule has 2 aromatic rings. The monoisotopic (exact) mass is 621 g/mol. The van der Waals surface area contributed by atoms with Crippen molar-refractivity contribution in [2.45, 2.75) is 19.6 Å². The number of carbonyl (C=O) groups excluding carboxylic acids is 4. The van der Waals surface area contributed by atoms with Crippen molar-refractivity contribution in [3.8, 4) is 0 Å². The Hall–Kier alpha value is -6.44. The highest BCUT2D eigenvalue weighted by Gasteiger charge is 2.17. The first kappa shape index (κ1) is 35.6. The maximum atomic E-state index is 11.5. The molecule has 0 atom stereocenters. The average Bonchev–Trinajstić information content (AvgIpc) is 2.92. The molecule has 3 rings (SSSR count). The summed E-state index contributed by atoms with van der Waals surface area (Å²) >= 11 is 0. The van der Waals surface area contributed by atoms with Gasteiger partial charge in [-0.2, -0.15) is 0 Å². The molecule has 1 aliphatic rings. The number of H-pyrrole nitrogens is 4. The van der Waals surface area contributed by atoms with Crippen LogP contribution in [0.4, 0.5) is 0 Å². The lowest BCUT2D eigenvalue weighted by Crippen LogP contribution is -2.33. The molecule has 234 valence electrons. The first-order valence-corrected chi connectivity index (χ1v) is 11.6. The van der Waals surface area contributed by atoms with Gasteiger partial charge in [0, 0.05) is 42.5 Å². The summed E-state index contributed by atoms with van der Waals surface area (Å²) in [6.07, 6.45) is 3.79. The van der Waals surface area contributed by atoms with E-state index in [4.69, 9.17) is 24.8 Å². The van der Waals surface area contributed by atoms with Crippen LogP contribution in [-0.2, 0) is 51.5 Å². The number of carboxylic acid groups (broad SMARTS) is 2. The van der Waals surface area contributed by atoms with E-state index in [1.54, 1.807) is 0 Å². The summed E-state index contributed by atoms with van der Waals surface area (Å²) in [6.45, 7) is -0.980. The largest absolute Gasteiger partial charge is 0.478 e. The smallest absolute Gasteiger partial charge is 0.331 e.